The lowest BCUT2D eigenvalue weighted by Crippen LogP contribution is -1.99. The number of aromatic nitrogens is 1. The van der Waals surface area contributed by atoms with Crippen LogP contribution in [0.5, 0.6) is 0 Å². The van der Waals surface area contributed by atoms with E-state index in [1.54, 1.807) is 0 Å². The minimum absolute atomic E-state index is 0.0615. The molecule has 0 saturated heterocycles. The van der Waals surface area contributed by atoms with Crippen molar-refractivity contribution in [2.45, 2.75) is 0 Å². The number of rotatable bonds is 0. The summed E-state index contributed by atoms with van der Waals surface area (Å²) in [6.07, 6.45) is 1.27. The van der Waals surface area contributed by atoms with Crippen LogP contribution in [-0.4, -0.2) is 4.98 Å². The van der Waals surface area contributed by atoms with Gasteiger partial charge < -0.3 is 11.5 Å². The molecule has 0 radical (unpaired) electrons. The third-order valence-electron chi connectivity index (χ3n) is 1.96. The summed E-state index contributed by atoms with van der Waals surface area (Å²) >= 11 is 0. The van der Waals surface area contributed by atoms with Crippen molar-refractivity contribution in [2.24, 2.45) is 0 Å². The monoisotopic (exact) mass is 195 g/mol. The number of benzene rings is 1. The molecule has 1 aromatic carbocycles. The van der Waals surface area contributed by atoms with Crippen molar-refractivity contribution in [3.8, 4) is 0 Å². The van der Waals surface area contributed by atoms with Crippen LogP contribution in [0.3, 0.4) is 0 Å². The molecule has 14 heavy (non-hydrogen) atoms. The average Bonchev–Trinajstić information content (AvgIpc) is 2.10. The quantitative estimate of drug-likeness (QED) is 0.672. The first kappa shape index (κ1) is 8.68. The van der Waals surface area contributed by atoms with Crippen molar-refractivity contribution in [3.63, 3.8) is 0 Å². The Morgan fingerprint density at radius 2 is 1.86 bits per heavy atom. The van der Waals surface area contributed by atoms with Gasteiger partial charge in [0.05, 0.1) is 28.5 Å². The molecule has 0 unspecified atom stereocenters. The number of fused-ring (bicyclic) bond motifs is 1. The maximum Gasteiger partial charge on any atom is 0.137 e. The van der Waals surface area contributed by atoms with Gasteiger partial charge in [0.15, 0.2) is 0 Å². The highest BCUT2D eigenvalue weighted by Crippen LogP contribution is 2.27. The van der Waals surface area contributed by atoms with E-state index in [9.17, 15) is 8.78 Å². The fourth-order valence-electron chi connectivity index (χ4n) is 1.28. The number of nitrogens with zero attached hydrogens (tertiary/aromatic N) is 1. The zero-order valence-corrected chi connectivity index (χ0v) is 7.09. The summed E-state index contributed by atoms with van der Waals surface area (Å²) < 4.78 is 26.0. The smallest absolute Gasteiger partial charge is 0.137 e. The molecular formula is C9H7F2N3. The van der Waals surface area contributed by atoms with E-state index in [0.717, 1.165) is 12.1 Å². The number of halogens is 2. The summed E-state index contributed by atoms with van der Waals surface area (Å²) in [5.41, 5.74) is 11.4. The fraction of sp³-hybridized carbons (Fsp3) is 0. The molecule has 0 aliphatic rings. The van der Waals surface area contributed by atoms with Gasteiger partial charge in [-0.1, -0.05) is 0 Å². The first-order valence-corrected chi connectivity index (χ1v) is 3.88. The highest BCUT2D eigenvalue weighted by molar-refractivity contribution is 5.95. The molecule has 0 amide bonds. The molecule has 5 heteroatoms. The molecule has 72 valence electrons. The van der Waals surface area contributed by atoms with Crippen LogP contribution < -0.4 is 11.5 Å². The Morgan fingerprint density at radius 1 is 1.14 bits per heavy atom. The van der Waals surface area contributed by atoms with E-state index in [1.807, 2.05) is 0 Å². The molecular weight excluding hydrogens is 188 g/mol. The molecule has 3 nitrogen and oxygen atoms in total. The zero-order chi connectivity index (χ0) is 10.3. The summed E-state index contributed by atoms with van der Waals surface area (Å²) in [7, 11) is 0. The highest BCUT2D eigenvalue weighted by atomic mass is 19.1. The number of nitrogens with two attached hydrogens (primary N) is 2. The summed E-state index contributed by atoms with van der Waals surface area (Å²) in [5, 5.41) is 0.0615. The van der Waals surface area contributed by atoms with E-state index < -0.39 is 11.6 Å². The normalized spacial score (nSPS) is 10.7. The topological polar surface area (TPSA) is 64.9 Å². The van der Waals surface area contributed by atoms with Crippen LogP contribution in [0, 0.1) is 11.6 Å². The van der Waals surface area contributed by atoms with Gasteiger partial charge in [-0.05, 0) is 0 Å². The van der Waals surface area contributed by atoms with Crippen LogP contribution in [-0.2, 0) is 0 Å². The zero-order valence-electron chi connectivity index (χ0n) is 7.09. The van der Waals surface area contributed by atoms with Crippen LogP contribution in [0.4, 0.5) is 20.2 Å². The van der Waals surface area contributed by atoms with Gasteiger partial charge in [0, 0.05) is 12.1 Å². The van der Waals surface area contributed by atoms with E-state index in [2.05, 4.69) is 4.98 Å². The highest BCUT2D eigenvalue weighted by Gasteiger charge is 2.10. The third kappa shape index (κ3) is 1.14. The number of nitrogen functional groups attached to an aromatic ring is 2. The number of hydrogen-bond donors (Lipinski definition) is 2. The van der Waals surface area contributed by atoms with Crippen LogP contribution in [0.25, 0.3) is 10.9 Å². The molecule has 2 rings (SSSR count). The molecule has 0 bridgehead atoms. The van der Waals surface area contributed by atoms with Crippen LogP contribution in [0.1, 0.15) is 0 Å². The number of hydrogen-bond acceptors (Lipinski definition) is 3. The van der Waals surface area contributed by atoms with Gasteiger partial charge in [0.1, 0.15) is 11.6 Å². The van der Waals surface area contributed by atoms with Crippen molar-refractivity contribution in [2.75, 3.05) is 11.5 Å². The summed E-state index contributed by atoms with van der Waals surface area (Å²) in [4.78, 5) is 3.78. The van der Waals surface area contributed by atoms with Crippen LogP contribution in [0.2, 0.25) is 0 Å². The van der Waals surface area contributed by atoms with Crippen LogP contribution in [0.15, 0.2) is 18.3 Å². The molecule has 2 aromatic rings. The Morgan fingerprint density at radius 3 is 2.57 bits per heavy atom. The second-order valence-electron chi connectivity index (χ2n) is 2.91. The predicted molar refractivity (Wildman–Crippen MR) is 50.5 cm³/mol. The van der Waals surface area contributed by atoms with Crippen molar-refractivity contribution in [3.05, 3.63) is 30.0 Å². The van der Waals surface area contributed by atoms with Gasteiger partial charge in [-0.2, -0.15) is 0 Å². The molecule has 0 aliphatic carbocycles. The summed E-state index contributed by atoms with van der Waals surface area (Å²) in [6.45, 7) is 0. The lowest BCUT2D eigenvalue weighted by molar-refractivity contribution is 0.592. The van der Waals surface area contributed by atoms with E-state index in [1.165, 1.54) is 6.20 Å². The van der Waals surface area contributed by atoms with E-state index in [4.69, 9.17) is 11.5 Å². The molecule has 0 aliphatic heterocycles. The van der Waals surface area contributed by atoms with E-state index in [0.29, 0.717) is 0 Å². The Bertz CT molecular complexity index is 511. The van der Waals surface area contributed by atoms with Crippen molar-refractivity contribution >= 4 is 22.3 Å². The second-order valence-corrected chi connectivity index (χ2v) is 2.91. The minimum atomic E-state index is -0.753. The predicted octanol–water partition coefficient (Wildman–Crippen LogP) is 1.68. The maximum absolute atomic E-state index is 13.3. The first-order chi connectivity index (χ1) is 6.59. The van der Waals surface area contributed by atoms with Crippen molar-refractivity contribution in [1.82, 2.24) is 4.98 Å². The molecule has 0 saturated carbocycles. The van der Waals surface area contributed by atoms with E-state index in [-0.39, 0.29) is 22.3 Å². The standard InChI is InChI=1S/C9H7F2N3/c10-4-1-5(11)8-7(2-4)14-3-6(12)9(8)13/h1-3H,12H2,(H2,13,14). The Labute approximate surface area is 78.3 Å². The third-order valence-corrected chi connectivity index (χ3v) is 1.96. The van der Waals surface area contributed by atoms with Crippen LogP contribution >= 0.6 is 0 Å². The second kappa shape index (κ2) is 2.80. The summed E-state index contributed by atoms with van der Waals surface area (Å²) in [6, 6.07) is 1.86. The van der Waals surface area contributed by atoms with Gasteiger partial charge in [-0.3, -0.25) is 4.98 Å². The minimum Gasteiger partial charge on any atom is -0.396 e. The number of anilines is 2. The van der Waals surface area contributed by atoms with Gasteiger partial charge >= 0.3 is 0 Å². The largest absolute Gasteiger partial charge is 0.396 e. The number of pyridine rings is 1. The van der Waals surface area contributed by atoms with Gasteiger partial charge in [-0.15, -0.1) is 0 Å². The molecule has 1 aromatic heterocycles. The SMILES string of the molecule is Nc1cnc2cc(F)cc(F)c2c1N. The molecule has 0 atom stereocenters. The lowest BCUT2D eigenvalue weighted by atomic mass is 10.1. The van der Waals surface area contributed by atoms with Crippen molar-refractivity contribution < 1.29 is 8.78 Å². The Balaban J connectivity index is 2.95. The van der Waals surface area contributed by atoms with Crippen molar-refractivity contribution in [1.29, 1.82) is 0 Å². The Kier molecular flexibility index (Phi) is 1.73. The van der Waals surface area contributed by atoms with Gasteiger partial charge in [0.2, 0.25) is 0 Å². The van der Waals surface area contributed by atoms with E-state index >= 15 is 0 Å². The molecule has 0 fully saturated rings. The lowest BCUT2D eigenvalue weighted by Gasteiger charge is -2.05. The first-order valence-electron chi connectivity index (χ1n) is 3.88. The molecule has 4 N–H and O–H groups in total. The maximum atomic E-state index is 13.3. The fourth-order valence-corrected chi connectivity index (χ4v) is 1.28. The van der Waals surface area contributed by atoms with Gasteiger partial charge in [0.25, 0.3) is 0 Å². The molecule has 1 heterocycles. The average molecular weight is 195 g/mol. The van der Waals surface area contributed by atoms with Gasteiger partial charge in [-0.25, -0.2) is 8.78 Å². The molecule has 0 spiro atoms. The summed E-state index contributed by atoms with van der Waals surface area (Å²) in [5.74, 6) is -1.44. The Hall–Kier alpha value is -1.91.